The minimum Gasteiger partial charge on any atom is -0.304 e. The zero-order valence-electron chi connectivity index (χ0n) is 14.7. The van der Waals surface area contributed by atoms with E-state index >= 15 is 0 Å². The number of Topliss-reactive ketones (excluding diaryl/α,β-unsaturated/α-hetero) is 1. The van der Waals surface area contributed by atoms with E-state index in [0.29, 0.717) is 12.3 Å². The van der Waals surface area contributed by atoms with Crippen molar-refractivity contribution in [1.29, 1.82) is 0 Å². The van der Waals surface area contributed by atoms with Crippen molar-refractivity contribution < 1.29 is 4.79 Å². The van der Waals surface area contributed by atoms with E-state index in [2.05, 4.69) is 53.3 Å². The van der Waals surface area contributed by atoms with Crippen LogP contribution in [0.25, 0.3) is 12.2 Å². The van der Waals surface area contributed by atoms with Gasteiger partial charge in [0, 0.05) is 26.2 Å². The van der Waals surface area contributed by atoms with Gasteiger partial charge in [0.25, 0.3) is 0 Å². The van der Waals surface area contributed by atoms with E-state index < -0.39 is 0 Å². The first-order valence-corrected chi connectivity index (χ1v) is 9.02. The van der Waals surface area contributed by atoms with Crippen molar-refractivity contribution in [3.63, 3.8) is 0 Å². The molecule has 0 spiro atoms. The highest BCUT2D eigenvalue weighted by atomic mass is 16.1. The Hall–Kier alpha value is -2.23. The smallest absolute Gasteiger partial charge is 0.158 e. The van der Waals surface area contributed by atoms with Gasteiger partial charge in [0.2, 0.25) is 0 Å². The molecule has 1 saturated heterocycles. The number of likely N-dealkylation sites (N-methyl/N-ethyl adjacent to an activating group) is 1. The second kappa shape index (κ2) is 6.95. The third kappa shape index (κ3) is 3.30. The molecule has 0 bridgehead atoms. The summed E-state index contributed by atoms with van der Waals surface area (Å²) in [4.78, 5) is 18.0. The van der Waals surface area contributed by atoms with Crippen LogP contribution >= 0.6 is 0 Å². The number of hydrogen-bond acceptors (Lipinski definition) is 3. The molecule has 1 aliphatic carbocycles. The van der Waals surface area contributed by atoms with E-state index in [-0.39, 0.29) is 5.92 Å². The molecule has 0 N–H and O–H groups in total. The van der Waals surface area contributed by atoms with Gasteiger partial charge in [-0.1, -0.05) is 60.7 Å². The summed E-state index contributed by atoms with van der Waals surface area (Å²) in [5.74, 6) is 0.121. The fourth-order valence-electron chi connectivity index (χ4n) is 3.86. The lowest BCUT2D eigenvalue weighted by atomic mass is 9.84. The molecule has 0 saturated carbocycles. The summed E-state index contributed by atoms with van der Waals surface area (Å²) in [6, 6.07) is 16.6. The number of fused-ring (bicyclic) bond motifs is 2. The lowest BCUT2D eigenvalue weighted by Gasteiger charge is -2.33. The van der Waals surface area contributed by atoms with Crippen LogP contribution in [0.2, 0.25) is 0 Å². The summed E-state index contributed by atoms with van der Waals surface area (Å²) in [7, 11) is 2.14. The first-order valence-electron chi connectivity index (χ1n) is 9.02. The Labute approximate surface area is 149 Å². The van der Waals surface area contributed by atoms with Crippen molar-refractivity contribution in [2.24, 2.45) is 0 Å². The average molecular weight is 332 g/mol. The van der Waals surface area contributed by atoms with Crippen LogP contribution < -0.4 is 0 Å². The lowest BCUT2D eigenvalue weighted by Crippen LogP contribution is -2.46. The van der Waals surface area contributed by atoms with Crippen LogP contribution in [0.4, 0.5) is 0 Å². The fourth-order valence-corrected chi connectivity index (χ4v) is 3.86. The van der Waals surface area contributed by atoms with Crippen molar-refractivity contribution in [1.82, 2.24) is 9.80 Å². The second-order valence-corrected chi connectivity index (χ2v) is 7.07. The predicted octanol–water partition coefficient (Wildman–Crippen LogP) is 3.12. The molecule has 2 aliphatic rings. The van der Waals surface area contributed by atoms with Gasteiger partial charge in [-0.3, -0.25) is 9.69 Å². The summed E-state index contributed by atoms with van der Waals surface area (Å²) in [6.07, 6.45) is 4.27. The summed E-state index contributed by atoms with van der Waals surface area (Å²) >= 11 is 0. The van der Waals surface area contributed by atoms with E-state index in [1.807, 2.05) is 24.3 Å². The number of nitrogens with zero attached hydrogens (tertiary/aromatic N) is 2. The molecule has 0 unspecified atom stereocenters. The van der Waals surface area contributed by atoms with Crippen molar-refractivity contribution in [3.05, 3.63) is 70.8 Å². The number of carbonyl (C=O) groups excluding carboxylic acids is 1. The number of piperazine rings is 1. The van der Waals surface area contributed by atoms with E-state index in [0.717, 1.165) is 48.4 Å². The van der Waals surface area contributed by atoms with Crippen LogP contribution in [0.3, 0.4) is 0 Å². The normalized spacial score (nSPS) is 18.4. The summed E-state index contributed by atoms with van der Waals surface area (Å²) < 4.78 is 0. The molecule has 0 amide bonds. The van der Waals surface area contributed by atoms with Crippen molar-refractivity contribution in [2.75, 3.05) is 39.8 Å². The van der Waals surface area contributed by atoms with Gasteiger partial charge in [-0.05, 0) is 29.3 Å². The lowest BCUT2D eigenvalue weighted by molar-refractivity contribution is -0.121. The predicted molar refractivity (Wildman–Crippen MR) is 103 cm³/mol. The minimum atomic E-state index is -0.179. The van der Waals surface area contributed by atoms with Gasteiger partial charge in [0.1, 0.15) is 0 Å². The molecule has 2 aromatic carbocycles. The van der Waals surface area contributed by atoms with Gasteiger partial charge in [0.05, 0.1) is 12.5 Å². The molecule has 2 aromatic rings. The van der Waals surface area contributed by atoms with Gasteiger partial charge in [-0.2, -0.15) is 0 Å². The topological polar surface area (TPSA) is 23.6 Å². The van der Waals surface area contributed by atoms with Gasteiger partial charge in [0.15, 0.2) is 5.78 Å². The minimum absolute atomic E-state index is 0.179. The molecule has 0 radical (unpaired) electrons. The largest absolute Gasteiger partial charge is 0.304 e. The van der Waals surface area contributed by atoms with Crippen LogP contribution in [-0.4, -0.2) is 55.4 Å². The fraction of sp³-hybridized carbons (Fsp3) is 0.318. The molecule has 128 valence electrons. The highest BCUT2D eigenvalue weighted by Gasteiger charge is 2.29. The van der Waals surface area contributed by atoms with E-state index in [1.165, 1.54) is 0 Å². The third-order valence-corrected chi connectivity index (χ3v) is 5.35. The van der Waals surface area contributed by atoms with E-state index in [9.17, 15) is 4.79 Å². The zero-order chi connectivity index (χ0) is 17.2. The Balaban J connectivity index is 1.68. The molecule has 1 heterocycles. The average Bonchev–Trinajstić information content (AvgIpc) is 2.80. The van der Waals surface area contributed by atoms with Gasteiger partial charge in [-0.25, -0.2) is 0 Å². The Morgan fingerprint density at radius 2 is 1.40 bits per heavy atom. The second-order valence-electron chi connectivity index (χ2n) is 7.07. The highest BCUT2D eigenvalue weighted by Crippen LogP contribution is 2.35. The summed E-state index contributed by atoms with van der Waals surface area (Å²) in [5.41, 5.74) is 4.55. The molecule has 1 aliphatic heterocycles. The molecular formula is C22H24N2O. The highest BCUT2D eigenvalue weighted by molar-refractivity contribution is 5.94. The van der Waals surface area contributed by atoms with E-state index in [4.69, 9.17) is 0 Å². The molecule has 1 fully saturated rings. The maximum atomic E-state index is 13.3. The Morgan fingerprint density at radius 3 is 1.96 bits per heavy atom. The maximum absolute atomic E-state index is 13.3. The van der Waals surface area contributed by atoms with Crippen molar-refractivity contribution in [3.8, 4) is 0 Å². The number of rotatable bonds is 3. The zero-order valence-corrected chi connectivity index (χ0v) is 14.7. The number of hydrogen-bond donors (Lipinski definition) is 0. The Bertz CT molecular complexity index is 754. The number of carbonyl (C=O) groups is 1. The SMILES string of the molecule is CN1CCN(CC(=O)C2c3ccccc3C=Cc3ccccc32)CC1. The van der Waals surface area contributed by atoms with Gasteiger partial charge < -0.3 is 4.90 Å². The molecule has 4 rings (SSSR count). The first kappa shape index (κ1) is 16.2. The molecule has 3 heteroatoms. The molecule has 3 nitrogen and oxygen atoms in total. The van der Waals surface area contributed by atoms with Crippen LogP contribution in [0.15, 0.2) is 48.5 Å². The molecule has 0 aromatic heterocycles. The standard InChI is InChI=1S/C22H24N2O/c1-23-12-14-24(15-13-23)16-21(25)22-19-8-4-2-6-17(19)10-11-18-7-3-5-9-20(18)22/h2-11,22H,12-16H2,1H3. The maximum Gasteiger partial charge on any atom is 0.158 e. The summed E-state index contributed by atoms with van der Waals surface area (Å²) in [6.45, 7) is 4.54. The van der Waals surface area contributed by atoms with E-state index in [1.54, 1.807) is 0 Å². The van der Waals surface area contributed by atoms with Crippen LogP contribution in [-0.2, 0) is 4.79 Å². The quantitative estimate of drug-likeness (QED) is 0.863. The summed E-state index contributed by atoms with van der Waals surface area (Å²) in [5, 5.41) is 0. The molecule has 25 heavy (non-hydrogen) atoms. The monoisotopic (exact) mass is 332 g/mol. The molecule has 0 atom stereocenters. The number of benzene rings is 2. The van der Waals surface area contributed by atoms with Crippen LogP contribution in [0.5, 0.6) is 0 Å². The third-order valence-electron chi connectivity index (χ3n) is 5.35. The van der Waals surface area contributed by atoms with Gasteiger partial charge >= 0.3 is 0 Å². The Morgan fingerprint density at radius 1 is 0.880 bits per heavy atom. The van der Waals surface area contributed by atoms with Crippen molar-refractivity contribution >= 4 is 17.9 Å². The van der Waals surface area contributed by atoms with Crippen LogP contribution in [0, 0.1) is 0 Å². The molecular weight excluding hydrogens is 308 g/mol. The number of ketones is 1. The van der Waals surface area contributed by atoms with Crippen molar-refractivity contribution in [2.45, 2.75) is 5.92 Å². The first-order chi connectivity index (χ1) is 12.2. The Kier molecular flexibility index (Phi) is 4.51. The van der Waals surface area contributed by atoms with Gasteiger partial charge in [-0.15, -0.1) is 0 Å². The van der Waals surface area contributed by atoms with Crippen LogP contribution in [0.1, 0.15) is 28.2 Å².